The molecule has 2 aliphatic heterocycles. The summed E-state index contributed by atoms with van der Waals surface area (Å²) in [6.07, 6.45) is -1.76. The maximum Gasteiger partial charge on any atom is 0.330 e. The van der Waals surface area contributed by atoms with Crippen LogP contribution in [0.4, 0.5) is 0 Å². The summed E-state index contributed by atoms with van der Waals surface area (Å²) in [5.74, 6) is -1.30. The molecule has 0 spiro atoms. The largest absolute Gasteiger partial charge is 0.381 e. The van der Waals surface area contributed by atoms with Gasteiger partial charge in [0.15, 0.2) is 6.10 Å². The zero-order valence-corrected chi connectivity index (χ0v) is 31.7. The highest BCUT2D eigenvalue weighted by molar-refractivity contribution is 8.00. The number of aliphatic hydroxyl groups is 1. The molecular weight excluding hydrogens is 693 g/mol. The van der Waals surface area contributed by atoms with Gasteiger partial charge >= 0.3 is 5.69 Å². The maximum absolute atomic E-state index is 14.0. The number of azide groups is 1. The van der Waals surface area contributed by atoms with E-state index >= 15 is 0 Å². The van der Waals surface area contributed by atoms with Crippen LogP contribution in [0.2, 0.25) is 0 Å². The summed E-state index contributed by atoms with van der Waals surface area (Å²) in [4.78, 5) is 71.8. The van der Waals surface area contributed by atoms with Crippen LogP contribution in [0.5, 0.6) is 0 Å². The Balaban J connectivity index is 1.46. The van der Waals surface area contributed by atoms with E-state index in [-0.39, 0.29) is 37.7 Å². The van der Waals surface area contributed by atoms with Crippen LogP contribution in [0.25, 0.3) is 10.4 Å². The van der Waals surface area contributed by atoms with Crippen molar-refractivity contribution < 1.29 is 29.0 Å². The molecule has 1 aromatic carbocycles. The molecule has 3 amide bonds. The maximum atomic E-state index is 14.0. The summed E-state index contributed by atoms with van der Waals surface area (Å²) in [6, 6.07) is 6.55. The van der Waals surface area contributed by atoms with Crippen LogP contribution in [0.3, 0.4) is 0 Å². The van der Waals surface area contributed by atoms with E-state index in [1.807, 2.05) is 65.0 Å². The number of aliphatic hydroxyl groups excluding tert-OH is 1. The van der Waals surface area contributed by atoms with E-state index in [2.05, 4.69) is 25.6 Å². The van der Waals surface area contributed by atoms with Crippen LogP contribution in [-0.2, 0) is 30.3 Å². The number of amides is 3. The Morgan fingerprint density at radius 2 is 1.87 bits per heavy atom. The highest BCUT2D eigenvalue weighted by Crippen LogP contribution is 2.40. The monoisotopic (exact) mass is 742 g/mol. The minimum absolute atomic E-state index is 0.0907. The molecule has 2 saturated heterocycles. The zero-order chi connectivity index (χ0) is 38.6. The summed E-state index contributed by atoms with van der Waals surface area (Å²) in [6.45, 7) is 14.2. The number of aromatic nitrogens is 2. The number of rotatable bonds is 13. The molecule has 1 aromatic heterocycles. The first kappa shape index (κ1) is 40.6. The lowest BCUT2D eigenvalue weighted by molar-refractivity contribution is -0.148. The Morgan fingerprint density at radius 1 is 1.19 bits per heavy atom. The molecule has 284 valence electrons. The third-order valence-electron chi connectivity index (χ3n) is 8.94. The lowest BCUT2D eigenvalue weighted by atomic mass is 9.96. The van der Waals surface area contributed by atoms with E-state index in [1.165, 1.54) is 27.4 Å². The van der Waals surface area contributed by atoms with Gasteiger partial charge in [0.2, 0.25) is 11.8 Å². The number of nitrogens with zero attached hydrogens (tertiary/aromatic N) is 5. The predicted molar refractivity (Wildman–Crippen MR) is 195 cm³/mol. The average molecular weight is 743 g/mol. The number of benzene rings is 1. The van der Waals surface area contributed by atoms with Gasteiger partial charge in [-0.05, 0) is 72.9 Å². The van der Waals surface area contributed by atoms with E-state index in [9.17, 15) is 29.1 Å². The van der Waals surface area contributed by atoms with E-state index < -0.39 is 75.5 Å². The van der Waals surface area contributed by atoms with Gasteiger partial charge < -0.3 is 30.1 Å². The molecule has 4 rings (SSSR count). The quantitative estimate of drug-likeness (QED) is 0.134. The summed E-state index contributed by atoms with van der Waals surface area (Å²) < 4.78 is 12.8. The zero-order valence-electron chi connectivity index (χ0n) is 30.9. The number of hydrogen-bond acceptors (Lipinski definition) is 10. The van der Waals surface area contributed by atoms with Gasteiger partial charge in [-0.15, -0.1) is 11.8 Å². The van der Waals surface area contributed by atoms with Crippen molar-refractivity contribution in [2.24, 2.45) is 5.11 Å². The van der Waals surface area contributed by atoms with Gasteiger partial charge in [0.25, 0.3) is 11.5 Å². The van der Waals surface area contributed by atoms with Crippen molar-refractivity contribution in [3.05, 3.63) is 78.9 Å². The second kappa shape index (κ2) is 16.3. The lowest BCUT2D eigenvalue weighted by Gasteiger charge is -2.35. The molecule has 0 saturated carbocycles. The molecule has 16 nitrogen and oxygen atoms in total. The topological polar surface area (TPSA) is 221 Å². The second-order valence-corrected chi connectivity index (χ2v) is 17.1. The summed E-state index contributed by atoms with van der Waals surface area (Å²) in [5, 5.41) is 21.2. The number of thioether (sulfide) groups is 1. The van der Waals surface area contributed by atoms with Crippen LogP contribution in [-0.4, -0.2) is 96.0 Å². The van der Waals surface area contributed by atoms with Crippen LogP contribution in [0, 0.1) is 6.92 Å². The first-order valence-electron chi connectivity index (χ1n) is 17.1. The van der Waals surface area contributed by atoms with Crippen molar-refractivity contribution in [1.82, 2.24) is 25.1 Å². The normalized spacial score (nSPS) is 22.7. The molecule has 6 atom stereocenters. The number of nitrogens with one attached hydrogen (secondary N) is 3. The molecule has 0 aliphatic carbocycles. The van der Waals surface area contributed by atoms with Gasteiger partial charge in [-0.1, -0.05) is 35.4 Å². The van der Waals surface area contributed by atoms with Crippen molar-refractivity contribution in [3.8, 4) is 0 Å². The fraction of sp³-hybridized carbons (Fsp3) is 0.629. The molecule has 0 bridgehead atoms. The van der Waals surface area contributed by atoms with Gasteiger partial charge in [-0.3, -0.25) is 28.7 Å². The standard InChI is InChI=1S/C35H50N8O8S/c1-20-17-42(32(49)38-29(20)46)26-15-22(40-41-36)24(51-26)18-50-34(5,6)16-25(44)37-23(14-21-12-10-9-11-13-21)27(45)31(48)43-19-52-35(7,8)28(43)30(47)39-33(2,3)4/h9-13,17,22-24,26-28,45H,14-16,18-19H2,1-8H3,(H,37,44)(H,39,47)(H,38,46,49)/t22-,23-,24+,26+,27-,28+/m0/s1. The average Bonchev–Trinajstić information content (AvgIpc) is 3.59. The van der Waals surface area contributed by atoms with Gasteiger partial charge in [0, 0.05) is 33.4 Å². The summed E-state index contributed by atoms with van der Waals surface area (Å²) in [7, 11) is 0. The lowest BCUT2D eigenvalue weighted by Crippen LogP contribution is -2.60. The van der Waals surface area contributed by atoms with E-state index in [4.69, 9.17) is 15.0 Å². The van der Waals surface area contributed by atoms with Gasteiger partial charge in [0.05, 0.1) is 42.7 Å². The minimum atomic E-state index is -1.67. The van der Waals surface area contributed by atoms with Crippen molar-refractivity contribution >= 4 is 29.5 Å². The molecule has 52 heavy (non-hydrogen) atoms. The number of carbonyl (C=O) groups excluding carboxylic acids is 3. The number of ether oxygens (including phenoxy) is 2. The first-order chi connectivity index (χ1) is 24.2. The van der Waals surface area contributed by atoms with Crippen LogP contribution in [0.15, 0.2) is 51.2 Å². The van der Waals surface area contributed by atoms with Crippen molar-refractivity contribution in [3.63, 3.8) is 0 Å². The number of hydrogen-bond donors (Lipinski definition) is 4. The fourth-order valence-electron chi connectivity index (χ4n) is 6.33. The number of H-pyrrole nitrogens is 1. The predicted octanol–water partition coefficient (Wildman–Crippen LogP) is 2.68. The molecule has 3 heterocycles. The Morgan fingerprint density at radius 3 is 2.50 bits per heavy atom. The van der Waals surface area contributed by atoms with E-state index in [0.717, 1.165) is 5.56 Å². The SMILES string of the molecule is Cc1cn([C@H]2C[C@H](N=[N+]=[N-])[C@@H](COC(C)(C)CC(=O)N[C@@H](Cc3ccccc3)[C@H](O)C(=O)N3CSC(C)(C)[C@H]3C(=O)NC(C)(C)C)O2)c(=O)[nH]c1=O. The molecule has 4 N–H and O–H groups in total. The summed E-state index contributed by atoms with van der Waals surface area (Å²) in [5.41, 5.74) is 7.44. The highest BCUT2D eigenvalue weighted by atomic mass is 32.2. The van der Waals surface area contributed by atoms with E-state index in [1.54, 1.807) is 20.8 Å². The molecule has 0 radical (unpaired) electrons. The molecule has 2 aromatic rings. The third-order valence-corrected chi connectivity index (χ3v) is 10.3. The Hall–Kier alpha value is -4.15. The van der Waals surface area contributed by atoms with Gasteiger partial charge in [-0.25, -0.2) is 4.79 Å². The van der Waals surface area contributed by atoms with E-state index in [0.29, 0.717) is 5.56 Å². The van der Waals surface area contributed by atoms with Crippen molar-refractivity contribution in [1.29, 1.82) is 0 Å². The fourth-order valence-corrected chi connectivity index (χ4v) is 7.47. The number of aromatic amines is 1. The Kier molecular flexibility index (Phi) is 12.7. The molecule has 0 unspecified atom stereocenters. The Labute approximate surface area is 306 Å². The smallest absolute Gasteiger partial charge is 0.330 e. The van der Waals surface area contributed by atoms with Crippen LogP contribution in [0.1, 0.15) is 78.7 Å². The highest BCUT2D eigenvalue weighted by Gasteiger charge is 2.50. The second-order valence-electron chi connectivity index (χ2n) is 15.5. The van der Waals surface area contributed by atoms with Crippen molar-refractivity contribution in [2.75, 3.05) is 12.5 Å². The number of aryl methyl sites for hydroxylation is 1. The minimum Gasteiger partial charge on any atom is -0.381 e. The Bertz CT molecular complexity index is 1780. The van der Waals surface area contributed by atoms with Crippen LogP contribution < -0.4 is 21.9 Å². The summed E-state index contributed by atoms with van der Waals surface area (Å²) >= 11 is 1.43. The number of carbonyl (C=O) groups is 3. The van der Waals surface area contributed by atoms with Crippen LogP contribution >= 0.6 is 11.8 Å². The van der Waals surface area contributed by atoms with Gasteiger partial charge in [0.1, 0.15) is 12.3 Å². The molecule has 2 aliphatic rings. The molecule has 2 fully saturated rings. The van der Waals surface area contributed by atoms with Gasteiger partial charge in [-0.2, -0.15) is 0 Å². The molecular formula is C35H50N8O8S. The van der Waals surface area contributed by atoms with Crippen molar-refractivity contribution in [2.45, 2.75) is 127 Å². The first-order valence-corrected chi connectivity index (χ1v) is 18.1. The third kappa shape index (κ3) is 10.3. The molecule has 17 heteroatoms.